The molecule has 2 aromatic rings. The second-order valence-electron chi connectivity index (χ2n) is 13.3. The van der Waals surface area contributed by atoms with E-state index in [1.54, 1.807) is 6.92 Å². The van der Waals surface area contributed by atoms with Gasteiger partial charge in [-0.25, -0.2) is 9.59 Å². The number of nitrogens with one attached hydrogen (secondary N) is 1. The average molecular weight is 798 g/mol. The van der Waals surface area contributed by atoms with Crippen molar-refractivity contribution in [1.82, 2.24) is 15.1 Å². The van der Waals surface area contributed by atoms with Gasteiger partial charge < -0.3 is 38.8 Å². The van der Waals surface area contributed by atoms with Crippen molar-refractivity contribution in [3.8, 4) is 34.8 Å². The highest BCUT2D eigenvalue weighted by Gasteiger charge is 2.60. The smallest absolute Gasteiger partial charge is 0.408 e. The van der Waals surface area contributed by atoms with Crippen molar-refractivity contribution in [1.29, 1.82) is 5.26 Å². The lowest BCUT2D eigenvalue weighted by atomic mass is 9.71. The molecule has 7 rings (SSSR count). The molecular formula is C34H35Cl3N4O10S. The van der Waals surface area contributed by atoms with Crippen LogP contribution in [-0.2, 0) is 25.5 Å². The first-order valence-electron chi connectivity index (χ1n) is 16.4. The van der Waals surface area contributed by atoms with E-state index in [0.717, 1.165) is 11.1 Å². The number of aryl methyl sites for hydroxylation is 1. The molecule has 278 valence electrons. The van der Waals surface area contributed by atoms with Gasteiger partial charge in [0.1, 0.15) is 31.0 Å². The number of benzene rings is 2. The maximum atomic E-state index is 13.7. The summed E-state index contributed by atoms with van der Waals surface area (Å²) in [7, 11) is 3.42. The van der Waals surface area contributed by atoms with Gasteiger partial charge in [-0.2, -0.15) is 5.26 Å². The molecule has 1 amide bonds. The third-order valence-electron chi connectivity index (χ3n) is 10.3. The predicted octanol–water partition coefficient (Wildman–Crippen LogP) is 4.70. The molecule has 5 aliphatic heterocycles. The zero-order valence-electron chi connectivity index (χ0n) is 28.7. The number of esters is 2. The number of carbonyl (C=O) groups excluding carboxylic acids is 3. The summed E-state index contributed by atoms with van der Waals surface area (Å²) in [6.45, 7) is 3.97. The normalized spacial score (nSPS) is 27.7. The van der Waals surface area contributed by atoms with Crippen molar-refractivity contribution in [2.75, 3.05) is 39.9 Å². The summed E-state index contributed by atoms with van der Waals surface area (Å²) < 4.78 is 32.8. The first kappa shape index (κ1) is 36.8. The van der Waals surface area contributed by atoms with E-state index in [9.17, 15) is 24.8 Å². The highest BCUT2D eigenvalue weighted by molar-refractivity contribution is 7.99. The zero-order chi connectivity index (χ0) is 37.4. The van der Waals surface area contributed by atoms with E-state index < -0.39 is 63.9 Å². The molecule has 0 aliphatic carbocycles. The Labute approximate surface area is 318 Å². The quantitative estimate of drug-likeness (QED) is 0.248. The topological polar surface area (TPSA) is 169 Å². The minimum Gasteiger partial charge on any atom is -0.504 e. The predicted molar refractivity (Wildman–Crippen MR) is 188 cm³/mol. The number of carbonyl (C=O) groups is 3. The van der Waals surface area contributed by atoms with Crippen LogP contribution in [0.15, 0.2) is 6.07 Å². The Morgan fingerprint density at radius 3 is 2.56 bits per heavy atom. The number of ether oxygens (including phenoxy) is 6. The van der Waals surface area contributed by atoms with Gasteiger partial charge in [0.25, 0.3) is 0 Å². The summed E-state index contributed by atoms with van der Waals surface area (Å²) in [6, 6.07) is 0.309. The number of hydrogen-bond acceptors (Lipinski definition) is 14. The number of phenols is 1. The van der Waals surface area contributed by atoms with Gasteiger partial charge in [0.15, 0.2) is 23.0 Å². The van der Waals surface area contributed by atoms with E-state index in [2.05, 4.69) is 21.2 Å². The second kappa shape index (κ2) is 13.7. The number of phenolic OH excluding ortho intramolecular Hbond substituents is 1. The molecule has 0 spiro atoms. The summed E-state index contributed by atoms with van der Waals surface area (Å²) >= 11 is 18.6. The molecule has 2 aromatic carbocycles. The van der Waals surface area contributed by atoms with E-state index in [0.29, 0.717) is 45.9 Å². The maximum Gasteiger partial charge on any atom is 0.408 e. The highest BCUT2D eigenvalue weighted by atomic mass is 35.6. The molecule has 2 N–H and O–H groups in total. The Morgan fingerprint density at radius 1 is 1.15 bits per heavy atom. The standard InChI is InChI=1S/C34H35Cl3N4O10S/c1-13-6-16-7-18-19(8-38)41-20-9-47-32(44)17(39-33(45)48-11-34(35,36)37)10-52-31(25(41)24(40(18)4)21(16)26(43)27(13)46-5)23-22(20)30-29(49-12-50-30)14(2)28(23)51-15(3)42/h6,17-20,24-25,31,43H,7,9-12H2,1-5H3,(H,39,45)/t17-,18-,19-,20-,24+,25+,31+/m0/s1. The van der Waals surface area contributed by atoms with Crippen LogP contribution < -0.4 is 24.3 Å². The number of amides is 1. The number of alkyl carbamates (subject to hydrolysis) is 1. The first-order valence-corrected chi connectivity index (χ1v) is 18.6. The van der Waals surface area contributed by atoms with Crippen LogP contribution in [0.1, 0.15) is 57.6 Å². The molecule has 0 aromatic heterocycles. The maximum absolute atomic E-state index is 13.7. The van der Waals surface area contributed by atoms with Crippen LogP contribution in [-0.4, -0.2) is 101 Å². The number of nitrogens with zero attached hydrogens (tertiary/aromatic N) is 3. The lowest BCUT2D eigenvalue weighted by molar-refractivity contribution is -0.151. The number of halogens is 3. The van der Waals surface area contributed by atoms with Crippen LogP contribution in [0.3, 0.4) is 0 Å². The minimum absolute atomic E-state index is 0.00825. The first-order chi connectivity index (χ1) is 24.7. The fourth-order valence-corrected chi connectivity index (χ4v) is 10.1. The second-order valence-corrected chi connectivity index (χ2v) is 17.0. The zero-order valence-corrected chi connectivity index (χ0v) is 31.7. The van der Waals surface area contributed by atoms with Crippen LogP contribution in [0.5, 0.6) is 28.7 Å². The number of rotatable bonds is 4. The Bertz CT molecular complexity index is 1900. The van der Waals surface area contributed by atoms with Crippen molar-refractivity contribution in [2.24, 2.45) is 0 Å². The molecule has 0 radical (unpaired) electrons. The number of likely N-dealkylation sites (N-methyl/N-ethyl adjacent to an activating group) is 1. The van der Waals surface area contributed by atoms with Crippen molar-refractivity contribution in [2.45, 2.75) is 72.5 Å². The average Bonchev–Trinajstić information content (AvgIpc) is 3.57. The fourth-order valence-electron chi connectivity index (χ4n) is 8.40. The van der Waals surface area contributed by atoms with Gasteiger partial charge in [0.05, 0.1) is 30.5 Å². The minimum atomic E-state index is -1.88. The van der Waals surface area contributed by atoms with Gasteiger partial charge in [-0.1, -0.05) is 40.9 Å². The molecule has 2 fully saturated rings. The Hall–Kier alpha value is -3.52. The van der Waals surface area contributed by atoms with Crippen LogP contribution in [0.25, 0.3) is 0 Å². The molecule has 5 heterocycles. The van der Waals surface area contributed by atoms with Gasteiger partial charge in [0.2, 0.25) is 10.6 Å². The fraction of sp³-hybridized carbons (Fsp3) is 0.529. The number of nitriles is 1. The Morgan fingerprint density at radius 2 is 1.88 bits per heavy atom. The molecule has 18 heteroatoms. The number of thioether (sulfide) groups is 1. The van der Waals surface area contributed by atoms with Gasteiger partial charge in [-0.05, 0) is 38.4 Å². The molecule has 7 atom stereocenters. The van der Waals surface area contributed by atoms with E-state index in [4.69, 9.17) is 63.2 Å². The van der Waals surface area contributed by atoms with E-state index in [1.165, 1.54) is 25.8 Å². The lowest BCUT2D eigenvalue weighted by Crippen LogP contribution is -2.69. The Balaban J connectivity index is 1.45. The lowest BCUT2D eigenvalue weighted by Gasteiger charge is -2.61. The molecule has 52 heavy (non-hydrogen) atoms. The van der Waals surface area contributed by atoms with Gasteiger partial charge in [-0.3, -0.25) is 14.6 Å². The number of fused-ring (bicyclic) bond motifs is 9. The molecule has 0 unspecified atom stereocenters. The summed E-state index contributed by atoms with van der Waals surface area (Å²) in [5.41, 5.74) is 3.97. The molecule has 5 aliphatic rings. The number of aromatic hydroxyl groups is 1. The van der Waals surface area contributed by atoms with E-state index in [-0.39, 0.29) is 36.7 Å². The molecule has 14 nitrogen and oxygen atoms in total. The van der Waals surface area contributed by atoms with Gasteiger partial charge in [-0.15, -0.1) is 11.8 Å². The molecular weight excluding hydrogens is 763 g/mol. The van der Waals surface area contributed by atoms with Crippen molar-refractivity contribution in [3.63, 3.8) is 0 Å². The van der Waals surface area contributed by atoms with E-state index >= 15 is 0 Å². The molecule has 4 bridgehead atoms. The molecule has 2 saturated heterocycles. The summed E-state index contributed by atoms with van der Waals surface area (Å²) in [5, 5.41) is 24.7. The van der Waals surface area contributed by atoms with Crippen molar-refractivity contribution in [3.05, 3.63) is 39.4 Å². The number of hydrogen-bond donors (Lipinski definition) is 2. The monoisotopic (exact) mass is 796 g/mol. The third-order valence-corrected chi connectivity index (χ3v) is 12.0. The largest absolute Gasteiger partial charge is 0.504 e. The van der Waals surface area contributed by atoms with Crippen LogP contribution in [0.4, 0.5) is 4.79 Å². The number of alkyl halides is 3. The van der Waals surface area contributed by atoms with Crippen molar-refractivity contribution < 1.29 is 47.9 Å². The Kier molecular flexibility index (Phi) is 9.71. The summed E-state index contributed by atoms with van der Waals surface area (Å²) in [6.07, 6.45) is -0.553. The van der Waals surface area contributed by atoms with E-state index in [1.807, 2.05) is 20.0 Å². The molecule has 0 saturated carbocycles. The summed E-state index contributed by atoms with van der Waals surface area (Å²) in [5.74, 6) is -0.00818. The van der Waals surface area contributed by atoms with Crippen LogP contribution >= 0.6 is 46.6 Å². The van der Waals surface area contributed by atoms with Gasteiger partial charge in [0, 0.05) is 47.0 Å². The van der Waals surface area contributed by atoms with Crippen molar-refractivity contribution >= 4 is 64.6 Å². The van der Waals surface area contributed by atoms with Crippen LogP contribution in [0, 0.1) is 25.2 Å². The SMILES string of the molecule is COc1c(C)cc2c(c1O)[C@@H]1[C@@H]3[C@@H]4SC[C@H](NC(=O)OCC(Cl)(Cl)Cl)C(=O)OC[C@@H](c5c6c(c(C)c(OC(C)=O)c54)OCO6)N3[C@@H](C#N)[C@H](C2)N1C. The number of cyclic esters (lactones) is 1. The van der Waals surface area contributed by atoms with Crippen LogP contribution in [0.2, 0.25) is 0 Å². The number of piperazine rings is 1. The number of methoxy groups -OCH3 is 1. The summed E-state index contributed by atoms with van der Waals surface area (Å²) in [4.78, 5) is 43.4. The highest BCUT2D eigenvalue weighted by Crippen LogP contribution is 2.64. The van der Waals surface area contributed by atoms with Gasteiger partial charge >= 0.3 is 18.0 Å². The third kappa shape index (κ3) is 6.01.